The predicted molar refractivity (Wildman–Crippen MR) is 86.1 cm³/mol. The Labute approximate surface area is 126 Å². The third kappa shape index (κ3) is 3.96. The Morgan fingerprint density at radius 2 is 2.11 bits per heavy atom. The lowest BCUT2D eigenvalue weighted by molar-refractivity contribution is -0.137. The van der Waals surface area contributed by atoms with Crippen molar-refractivity contribution in [3.63, 3.8) is 0 Å². The topological polar surface area (TPSA) is 26.3 Å². The Kier molecular flexibility index (Phi) is 5.24. The van der Waals surface area contributed by atoms with Crippen LogP contribution in [0.2, 0.25) is 0 Å². The maximum atomic E-state index is 11.6. The van der Waals surface area contributed by atoms with Crippen molar-refractivity contribution in [1.29, 1.82) is 0 Å². The van der Waals surface area contributed by atoms with Crippen molar-refractivity contribution in [1.82, 2.24) is 0 Å². The molecule has 0 amide bonds. The van der Waals surface area contributed by atoms with Crippen LogP contribution >= 0.6 is 35.7 Å². The predicted octanol–water partition coefficient (Wildman–Crippen LogP) is 4.13. The monoisotopic (exact) mass is 308 g/mol. The van der Waals surface area contributed by atoms with Gasteiger partial charge in [0.05, 0.1) is 10.8 Å². The van der Waals surface area contributed by atoms with Gasteiger partial charge in [0.15, 0.2) is 0 Å². The first-order valence-corrected chi connectivity index (χ1v) is 7.84. The molecule has 0 unspecified atom stereocenters. The van der Waals surface area contributed by atoms with Crippen LogP contribution in [-0.2, 0) is 9.53 Å². The van der Waals surface area contributed by atoms with Gasteiger partial charge in [0.25, 0.3) is 0 Å². The molecule has 98 valence electrons. The first-order valence-electron chi connectivity index (χ1n) is 5.73. The van der Waals surface area contributed by atoms with Crippen LogP contribution in [0.4, 0.5) is 0 Å². The van der Waals surface area contributed by atoms with E-state index in [0.29, 0.717) is 11.5 Å². The Balaban J connectivity index is 2.01. The van der Waals surface area contributed by atoms with Gasteiger partial charge >= 0.3 is 5.97 Å². The molecule has 19 heavy (non-hydrogen) atoms. The molecule has 1 aromatic rings. The molecule has 2 nitrogen and oxygen atoms in total. The van der Waals surface area contributed by atoms with Gasteiger partial charge in [0, 0.05) is 4.86 Å². The van der Waals surface area contributed by atoms with Crippen LogP contribution in [0.5, 0.6) is 0 Å². The number of hydrogen-bond donors (Lipinski definition) is 0. The second-order valence-electron chi connectivity index (χ2n) is 3.62. The number of hydrogen-bond acceptors (Lipinski definition) is 5. The van der Waals surface area contributed by atoms with E-state index >= 15 is 0 Å². The standard InChI is InChI=1S/C14H12O2S3/c1-2-16-14(15)12-9-18-13(19-12)8-11(17)10-6-4-3-5-7-10/h3-9H,2H2,1H3. The highest BCUT2D eigenvalue weighted by Gasteiger charge is 2.20. The summed E-state index contributed by atoms with van der Waals surface area (Å²) >= 11 is 8.28. The van der Waals surface area contributed by atoms with Gasteiger partial charge in [-0.05, 0) is 24.0 Å². The van der Waals surface area contributed by atoms with Crippen molar-refractivity contribution in [2.45, 2.75) is 6.92 Å². The zero-order valence-electron chi connectivity index (χ0n) is 10.3. The van der Waals surface area contributed by atoms with Crippen molar-refractivity contribution in [3.05, 3.63) is 56.5 Å². The molecule has 1 heterocycles. The average Bonchev–Trinajstić information content (AvgIpc) is 2.88. The molecule has 0 radical (unpaired) electrons. The number of esters is 1. The summed E-state index contributed by atoms with van der Waals surface area (Å²) in [5.41, 5.74) is 1.01. The molecule has 2 rings (SSSR count). The number of rotatable bonds is 4. The van der Waals surface area contributed by atoms with Crippen LogP contribution in [0, 0.1) is 0 Å². The molecule has 5 heteroatoms. The van der Waals surface area contributed by atoms with Crippen molar-refractivity contribution >= 4 is 46.6 Å². The lowest BCUT2D eigenvalue weighted by atomic mass is 10.1. The lowest BCUT2D eigenvalue weighted by Gasteiger charge is -2.01. The third-order valence-electron chi connectivity index (χ3n) is 2.28. The lowest BCUT2D eigenvalue weighted by Crippen LogP contribution is -2.03. The molecular formula is C14H12O2S3. The van der Waals surface area contributed by atoms with Crippen LogP contribution in [0.15, 0.2) is 51.0 Å². The van der Waals surface area contributed by atoms with Gasteiger partial charge in [-0.1, -0.05) is 66.1 Å². The summed E-state index contributed by atoms with van der Waals surface area (Å²) in [5.74, 6) is -0.269. The Morgan fingerprint density at radius 1 is 1.37 bits per heavy atom. The Hall–Kier alpha value is -1.04. The van der Waals surface area contributed by atoms with Gasteiger partial charge in [-0.2, -0.15) is 0 Å². The van der Waals surface area contributed by atoms with Crippen molar-refractivity contribution in [2.75, 3.05) is 6.61 Å². The maximum absolute atomic E-state index is 11.6. The molecule has 1 aliphatic heterocycles. The first-order chi connectivity index (χ1) is 9.20. The molecule has 1 aliphatic rings. The molecule has 0 aliphatic carbocycles. The second kappa shape index (κ2) is 6.93. The van der Waals surface area contributed by atoms with Crippen LogP contribution in [0.1, 0.15) is 12.5 Å². The summed E-state index contributed by atoms with van der Waals surface area (Å²) in [6.45, 7) is 2.19. The molecule has 0 N–H and O–H groups in total. The van der Waals surface area contributed by atoms with Crippen LogP contribution < -0.4 is 0 Å². The van der Waals surface area contributed by atoms with E-state index in [0.717, 1.165) is 14.7 Å². The number of benzene rings is 1. The molecule has 0 bridgehead atoms. The third-order valence-corrected chi connectivity index (χ3v) is 4.85. The summed E-state index contributed by atoms with van der Waals surface area (Å²) in [4.78, 5) is 13.0. The average molecular weight is 308 g/mol. The molecule has 0 fully saturated rings. The largest absolute Gasteiger partial charge is 0.462 e. The van der Waals surface area contributed by atoms with E-state index in [4.69, 9.17) is 17.0 Å². The highest BCUT2D eigenvalue weighted by atomic mass is 32.2. The van der Waals surface area contributed by atoms with Gasteiger partial charge < -0.3 is 4.74 Å². The van der Waals surface area contributed by atoms with Crippen LogP contribution in [0.3, 0.4) is 0 Å². The molecule has 0 aromatic heterocycles. The van der Waals surface area contributed by atoms with E-state index in [1.807, 2.05) is 41.8 Å². The van der Waals surface area contributed by atoms with Gasteiger partial charge in [-0.15, -0.1) is 0 Å². The smallest absolute Gasteiger partial charge is 0.345 e. The summed E-state index contributed by atoms with van der Waals surface area (Å²) in [6.07, 6.45) is 1.92. The van der Waals surface area contributed by atoms with Gasteiger partial charge in [0.1, 0.15) is 4.91 Å². The summed E-state index contributed by atoms with van der Waals surface area (Å²) < 4.78 is 5.96. The number of carbonyl (C=O) groups excluding carboxylic acids is 1. The molecular weight excluding hydrogens is 296 g/mol. The second-order valence-corrected chi connectivity index (χ2v) is 6.31. The van der Waals surface area contributed by atoms with Gasteiger partial charge in [0.2, 0.25) is 0 Å². The minimum atomic E-state index is -0.269. The number of thiocarbonyl (C=S) groups is 1. The number of allylic oxidation sites excluding steroid dienone is 1. The zero-order valence-corrected chi connectivity index (χ0v) is 12.7. The zero-order chi connectivity index (χ0) is 13.7. The van der Waals surface area contributed by atoms with E-state index in [1.165, 1.54) is 23.5 Å². The highest BCUT2D eigenvalue weighted by Crippen LogP contribution is 2.44. The fraction of sp³-hybridized carbons (Fsp3) is 0.143. The molecule has 0 spiro atoms. The summed E-state index contributed by atoms with van der Waals surface area (Å²) in [7, 11) is 0. The molecule has 0 saturated carbocycles. The fourth-order valence-electron chi connectivity index (χ4n) is 1.42. The van der Waals surface area contributed by atoms with Crippen LogP contribution in [0.25, 0.3) is 0 Å². The van der Waals surface area contributed by atoms with E-state index in [2.05, 4.69) is 0 Å². The fourth-order valence-corrected chi connectivity index (χ4v) is 3.80. The maximum Gasteiger partial charge on any atom is 0.345 e. The van der Waals surface area contributed by atoms with Crippen LogP contribution in [-0.4, -0.2) is 17.4 Å². The van der Waals surface area contributed by atoms with Gasteiger partial charge in [-0.3, -0.25) is 0 Å². The minimum Gasteiger partial charge on any atom is -0.462 e. The van der Waals surface area contributed by atoms with E-state index < -0.39 is 0 Å². The summed E-state index contributed by atoms with van der Waals surface area (Å²) in [6, 6.07) is 9.82. The normalized spacial score (nSPS) is 16.3. The Bertz CT molecular complexity index is 547. The van der Waals surface area contributed by atoms with E-state index in [9.17, 15) is 4.79 Å². The molecule has 0 saturated heterocycles. The van der Waals surface area contributed by atoms with Crippen molar-refractivity contribution in [3.8, 4) is 0 Å². The number of thioether (sulfide) groups is 2. The SMILES string of the molecule is CCOC(=O)C1=CSC(=CC(=S)c2ccccc2)S1. The molecule has 1 aromatic carbocycles. The first kappa shape index (κ1) is 14.4. The van der Waals surface area contributed by atoms with Crippen molar-refractivity contribution < 1.29 is 9.53 Å². The summed E-state index contributed by atoms with van der Waals surface area (Å²) in [5, 5.41) is 1.81. The van der Waals surface area contributed by atoms with Gasteiger partial charge in [-0.25, -0.2) is 4.79 Å². The Morgan fingerprint density at radius 3 is 2.79 bits per heavy atom. The number of carbonyl (C=O) groups is 1. The minimum absolute atomic E-state index is 0.269. The van der Waals surface area contributed by atoms with Crippen molar-refractivity contribution in [2.24, 2.45) is 0 Å². The van der Waals surface area contributed by atoms with E-state index in [-0.39, 0.29) is 5.97 Å². The highest BCUT2D eigenvalue weighted by molar-refractivity contribution is 8.28. The number of ether oxygens (including phenoxy) is 1. The molecule has 0 atom stereocenters. The van der Waals surface area contributed by atoms with E-state index in [1.54, 1.807) is 6.92 Å². The quantitative estimate of drug-likeness (QED) is 0.361.